The van der Waals surface area contributed by atoms with E-state index < -0.39 is 23.6 Å². The Balaban J connectivity index is 2.15. The fraction of sp³-hybridized carbons (Fsp3) is 0.792. The molecule has 38 heavy (non-hydrogen) atoms. The maximum absolute atomic E-state index is 12.5. The third kappa shape index (κ3) is 13.5. The minimum atomic E-state index is -0.778. The number of hydrogen-bond donors (Lipinski definition) is 3. The lowest BCUT2D eigenvalue weighted by molar-refractivity contribution is -0.194. The second kappa shape index (κ2) is 19.8. The predicted molar refractivity (Wildman–Crippen MR) is 138 cm³/mol. The summed E-state index contributed by atoms with van der Waals surface area (Å²) >= 11 is 1.31. The third-order valence-electron chi connectivity index (χ3n) is 5.59. The van der Waals surface area contributed by atoms with Gasteiger partial charge in [-0.15, -0.1) is 11.8 Å². The number of methoxy groups -OCH3 is 1. The zero-order valence-electron chi connectivity index (χ0n) is 22.4. The number of likely N-dealkylation sites (tertiary alicyclic amines) is 1. The van der Waals surface area contributed by atoms with Gasteiger partial charge in [0.15, 0.2) is 6.29 Å². The summed E-state index contributed by atoms with van der Waals surface area (Å²) in [6.07, 6.45) is 0.219. The number of nitrogens with zero attached hydrogens (tertiary/aromatic N) is 1. The van der Waals surface area contributed by atoms with E-state index >= 15 is 0 Å². The third-order valence-corrected chi connectivity index (χ3v) is 6.80. The molecule has 0 aromatic heterocycles. The van der Waals surface area contributed by atoms with Crippen molar-refractivity contribution in [3.8, 4) is 0 Å². The van der Waals surface area contributed by atoms with Crippen LogP contribution in [0.25, 0.3) is 0 Å². The van der Waals surface area contributed by atoms with E-state index in [1.165, 1.54) is 30.8 Å². The highest BCUT2D eigenvalue weighted by Gasteiger charge is 2.38. The van der Waals surface area contributed by atoms with Crippen LogP contribution in [0.15, 0.2) is 0 Å². The maximum Gasteiger partial charge on any atom is 0.305 e. The van der Waals surface area contributed by atoms with Crippen LogP contribution in [-0.2, 0) is 42.9 Å². The summed E-state index contributed by atoms with van der Waals surface area (Å²) in [7, 11) is 2.95. The molecule has 1 aliphatic heterocycles. The van der Waals surface area contributed by atoms with Crippen molar-refractivity contribution >= 4 is 41.4 Å². The molecule has 0 radical (unpaired) electrons. The van der Waals surface area contributed by atoms with Crippen LogP contribution in [0.4, 0.5) is 0 Å². The van der Waals surface area contributed by atoms with E-state index in [0.29, 0.717) is 25.1 Å². The molecule has 0 bridgehead atoms. The van der Waals surface area contributed by atoms with E-state index in [4.69, 9.17) is 18.9 Å². The van der Waals surface area contributed by atoms with Crippen LogP contribution >= 0.6 is 11.8 Å². The molecule has 0 spiro atoms. The molecule has 1 fully saturated rings. The minimum Gasteiger partial charge on any atom is -0.460 e. The first-order valence-electron chi connectivity index (χ1n) is 12.7. The molecule has 3 N–H and O–H groups in total. The number of carbonyl (C=O) groups is 5. The van der Waals surface area contributed by atoms with Gasteiger partial charge >= 0.3 is 5.97 Å². The van der Waals surface area contributed by atoms with E-state index in [0.717, 1.165) is 0 Å². The Morgan fingerprint density at radius 1 is 1.16 bits per heavy atom. The molecule has 13 nitrogen and oxygen atoms in total. The lowest BCUT2D eigenvalue weighted by Crippen LogP contribution is -2.34. The zero-order valence-corrected chi connectivity index (χ0v) is 23.2. The Morgan fingerprint density at radius 2 is 1.92 bits per heavy atom. The van der Waals surface area contributed by atoms with Gasteiger partial charge in [0, 0.05) is 52.1 Å². The molecule has 14 heteroatoms. The van der Waals surface area contributed by atoms with E-state index in [1.54, 1.807) is 0 Å². The van der Waals surface area contributed by atoms with Gasteiger partial charge < -0.3 is 34.7 Å². The van der Waals surface area contributed by atoms with Crippen molar-refractivity contribution in [2.45, 2.75) is 63.1 Å². The lowest BCUT2D eigenvalue weighted by atomic mass is 10.2. The van der Waals surface area contributed by atoms with Crippen molar-refractivity contribution in [1.82, 2.24) is 15.5 Å². The second-order valence-electron chi connectivity index (χ2n) is 8.38. The molecule has 1 saturated heterocycles. The van der Waals surface area contributed by atoms with Gasteiger partial charge in [0.1, 0.15) is 6.61 Å². The van der Waals surface area contributed by atoms with Gasteiger partial charge in [-0.1, -0.05) is 6.92 Å². The number of aliphatic hydroxyl groups is 1. The fourth-order valence-corrected chi connectivity index (χ4v) is 4.35. The van der Waals surface area contributed by atoms with Crippen molar-refractivity contribution < 1.29 is 48.0 Å². The lowest BCUT2D eigenvalue weighted by Gasteiger charge is -2.21. The summed E-state index contributed by atoms with van der Waals surface area (Å²) in [5.41, 5.74) is 0. The molecule has 0 aliphatic carbocycles. The SMILES string of the molecule is CCC(CO)OC(COC(=O)CCCC(=O)NCCSC1CC(=O)N(CCOCCC(=O)NC)C1=O)OC. The number of nitrogens with one attached hydrogen (secondary N) is 2. The number of hydrogen-bond acceptors (Lipinski definition) is 11. The smallest absolute Gasteiger partial charge is 0.305 e. The first-order valence-corrected chi connectivity index (χ1v) is 13.8. The van der Waals surface area contributed by atoms with Crippen molar-refractivity contribution in [3.05, 3.63) is 0 Å². The first kappa shape index (κ1) is 33.8. The average molecular weight is 564 g/mol. The molecular formula is C24H41N3O10S. The van der Waals surface area contributed by atoms with Crippen LogP contribution < -0.4 is 10.6 Å². The molecule has 218 valence electrons. The molecule has 1 heterocycles. The maximum atomic E-state index is 12.5. The number of aliphatic hydroxyl groups excluding tert-OH is 1. The Labute approximate surface area is 227 Å². The summed E-state index contributed by atoms with van der Waals surface area (Å²) in [4.78, 5) is 60.8. The number of thioether (sulfide) groups is 1. The van der Waals surface area contributed by atoms with Crippen LogP contribution in [0.5, 0.6) is 0 Å². The summed E-state index contributed by atoms with van der Waals surface area (Å²) in [6.45, 7) is 2.42. The van der Waals surface area contributed by atoms with Crippen LogP contribution in [0.3, 0.4) is 0 Å². The number of esters is 1. The highest BCUT2D eigenvalue weighted by atomic mass is 32.2. The predicted octanol–water partition coefficient (Wildman–Crippen LogP) is -0.410. The number of imide groups is 1. The molecular weight excluding hydrogens is 522 g/mol. The van der Waals surface area contributed by atoms with Gasteiger partial charge in [0.2, 0.25) is 23.6 Å². The Kier molecular flexibility index (Phi) is 17.6. The molecule has 0 aromatic rings. The Hall–Kier alpha value is -2.26. The van der Waals surface area contributed by atoms with Gasteiger partial charge in [-0.05, 0) is 12.8 Å². The summed E-state index contributed by atoms with van der Waals surface area (Å²) in [5, 5.41) is 13.9. The van der Waals surface area contributed by atoms with Crippen molar-refractivity contribution in [1.29, 1.82) is 0 Å². The highest BCUT2D eigenvalue weighted by Crippen LogP contribution is 2.24. The van der Waals surface area contributed by atoms with Crippen LogP contribution in [-0.4, -0.2) is 117 Å². The molecule has 3 atom stereocenters. The topological polar surface area (TPSA) is 170 Å². The number of amides is 4. The highest BCUT2D eigenvalue weighted by molar-refractivity contribution is 8.00. The number of ether oxygens (including phenoxy) is 4. The van der Waals surface area contributed by atoms with Gasteiger partial charge in [-0.3, -0.25) is 28.9 Å². The quantitative estimate of drug-likeness (QED) is 0.0718. The van der Waals surface area contributed by atoms with Crippen LogP contribution in [0.2, 0.25) is 0 Å². The van der Waals surface area contributed by atoms with E-state index in [9.17, 15) is 29.1 Å². The number of carbonyl (C=O) groups excluding carboxylic acids is 5. The average Bonchev–Trinajstić information content (AvgIpc) is 3.18. The number of rotatable bonds is 21. The van der Waals surface area contributed by atoms with Gasteiger partial charge in [0.05, 0.1) is 37.7 Å². The largest absolute Gasteiger partial charge is 0.460 e. The van der Waals surface area contributed by atoms with Crippen molar-refractivity contribution in [2.75, 3.05) is 59.4 Å². The van der Waals surface area contributed by atoms with Crippen LogP contribution in [0.1, 0.15) is 45.4 Å². The van der Waals surface area contributed by atoms with Crippen molar-refractivity contribution in [2.24, 2.45) is 0 Å². The standard InChI is InChI=1S/C24H41N3O10S/c1-4-17(15-28)37-23(34-3)16-36-22(32)7-5-6-20(30)26-9-13-38-18-14-21(31)27(24(18)33)10-12-35-11-8-19(29)25-2/h17-18,23,28H,4-16H2,1-3H3,(H,25,29)(H,26,30). The summed E-state index contributed by atoms with van der Waals surface area (Å²) in [6, 6.07) is 0. The van der Waals surface area contributed by atoms with E-state index in [-0.39, 0.29) is 82.3 Å². The van der Waals surface area contributed by atoms with Gasteiger partial charge in [-0.2, -0.15) is 0 Å². The normalized spacial score (nSPS) is 16.8. The first-order chi connectivity index (χ1) is 18.2. The molecule has 0 aromatic carbocycles. The monoisotopic (exact) mass is 563 g/mol. The molecule has 1 rings (SSSR count). The fourth-order valence-electron chi connectivity index (χ4n) is 3.32. The molecule has 4 amide bonds. The molecule has 0 saturated carbocycles. The second-order valence-corrected chi connectivity index (χ2v) is 9.69. The van der Waals surface area contributed by atoms with E-state index in [2.05, 4.69) is 10.6 Å². The summed E-state index contributed by atoms with van der Waals surface area (Å²) < 4.78 is 21.0. The van der Waals surface area contributed by atoms with Gasteiger partial charge in [-0.25, -0.2) is 0 Å². The zero-order chi connectivity index (χ0) is 28.3. The Bertz CT molecular complexity index is 766. The molecule has 1 aliphatic rings. The Morgan fingerprint density at radius 3 is 2.58 bits per heavy atom. The van der Waals surface area contributed by atoms with Crippen LogP contribution in [0, 0.1) is 0 Å². The summed E-state index contributed by atoms with van der Waals surface area (Å²) in [5.74, 6) is -0.940. The van der Waals surface area contributed by atoms with Gasteiger partial charge in [0.25, 0.3) is 0 Å². The van der Waals surface area contributed by atoms with E-state index in [1.807, 2.05) is 6.92 Å². The molecule has 3 unspecified atom stereocenters. The van der Waals surface area contributed by atoms with Crippen molar-refractivity contribution in [3.63, 3.8) is 0 Å². The minimum absolute atomic E-state index is 0.0554.